The lowest BCUT2D eigenvalue weighted by Gasteiger charge is -2.34. The number of sulfonamides is 1. The molecule has 2 amide bonds. The van der Waals surface area contributed by atoms with Crippen LogP contribution in [0.1, 0.15) is 43.7 Å². The molecule has 5 rings (SSSR count). The van der Waals surface area contributed by atoms with Gasteiger partial charge in [-0.3, -0.25) is 13.9 Å². The Kier molecular flexibility index (Phi) is 12.7. The van der Waals surface area contributed by atoms with Crippen molar-refractivity contribution < 1.29 is 22.7 Å². The summed E-state index contributed by atoms with van der Waals surface area (Å²) in [5, 5.41) is 3.74. The lowest BCUT2D eigenvalue weighted by Crippen LogP contribution is -2.54. The molecule has 1 unspecified atom stereocenters. The summed E-state index contributed by atoms with van der Waals surface area (Å²) < 4.78 is 35.9. The number of nitrogens with zero attached hydrogens (tertiary/aromatic N) is 2. The molecule has 11 heteroatoms. The number of carbonyl (C=O) groups is 2. The van der Waals surface area contributed by atoms with Gasteiger partial charge in [-0.2, -0.15) is 0 Å². The number of thioether (sulfide) groups is 1. The molecule has 1 atom stereocenters. The molecule has 0 aliphatic heterocycles. The van der Waals surface area contributed by atoms with Crippen molar-refractivity contribution in [3.63, 3.8) is 0 Å². The van der Waals surface area contributed by atoms with E-state index < -0.39 is 28.5 Å². The van der Waals surface area contributed by atoms with Crippen LogP contribution in [0.25, 0.3) is 0 Å². The maximum atomic E-state index is 14.8. The number of halogens is 1. The van der Waals surface area contributed by atoms with Gasteiger partial charge in [0.05, 0.1) is 17.2 Å². The van der Waals surface area contributed by atoms with Crippen molar-refractivity contribution in [3.8, 4) is 5.75 Å². The Hall–Kier alpha value is -3.99. The van der Waals surface area contributed by atoms with E-state index >= 15 is 0 Å². The van der Waals surface area contributed by atoms with Gasteiger partial charge in [0.15, 0.2) is 0 Å². The average Bonchev–Trinajstić information content (AvgIpc) is 3.63. The van der Waals surface area contributed by atoms with Crippen molar-refractivity contribution in [1.29, 1.82) is 0 Å². The van der Waals surface area contributed by atoms with Crippen LogP contribution < -0.4 is 14.4 Å². The second kappa shape index (κ2) is 17.1. The molecule has 0 aromatic heterocycles. The highest BCUT2D eigenvalue weighted by Gasteiger charge is 2.36. The average molecular weight is 720 g/mol. The SMILES string of the molecule is CCOc1ccccc1N(CC(=O)N(Cc1ccc(Cl)cc1)C(Cc1ccccc1)C(=O)NC1CCCC1)S(=O)(=O)c1ccc(SC)cc1. The second-order valence-electron chi connectivity index (χ2n) is 11.9. The first-order valence-electron chi connectivity index (χ1n) is 16.5. The Morgan fingerprint density at radius 2 is 1.55 bits per heavy atom. The maximum Gasteiger partial charge on any atom is 0.264 e. The molecule has 258 valence electrons. The number of anilines is 1. The number of para-hydroxylation sites is 2. The first-order chi connectivity index (χ1) is 23.7. The van der Waals surface area contributed by atoms with Gasteiger partial charge in [-0.05, 0) is 85.7 Å². The Bertz CT molecular complexity index is 1800. The van der Waals surface area contributed by atoms with Crippen LogP contribution in [-0.2, 0) is 32.6 Å². The number of amides is 2. The normalized spacial score (nSPS) is 13.9. The molecule has 1 aliphatic rings. The third-order valence-electron chi connectivity index (χ3n) is 8.60. The molecule has 4 aromatic rings. The minimum atomic E-state index is -4.27. The highest BCUT2D eigenvalue weighted by molar-refractivity contribution is 7.98. The molecule has 0 radical (unpaired) electrons. The van der Waals surface area contributed by atoms with E-state index in [9.17, 15) is 18.0 Å². The van der Waals surface area contributed by atoms with Gasteiger partial charge in [0, 0.05) is 28.9 Å². The van der Waals surface area contributed by atoms with Crippen LogP contribution in [0.5, 0.6) is 5.75 Å². The summed E-state index contributed by atoms with van der Waals surface area (Å²) in [6.45, 7) is 1.61. The number of hydrogen-bond donors (Lipinski definition) is 1. The minimum Gasteiger partial charge on any atom is -0.492 e. The molecule has 0 saturated heterocycles. The fraction of sp³-hybridized carbons (Fsp3) is 0.316. The summed E-state index contributed by atoms with van der Waals surface area (Å²) >= 11 is 7.70. The summed E-state index contributed by atoms with van der Waals surface area (Å²) in [7, 11) is -4.27. The zero-order chi connectivity index (χ0) is 34.8. The minimum absolute atomic E-state index is 0.0254. The van der Waals surface area contributed by atoms with E-state index in [1.54, 1.807) is 60.7 Å². The molecule has 8 nitrogen and oxygen atoms in total. The Morgan fingerprint density at radius 1 is 0.898 bits per heavy atom. The number of hydrogen-bond acceptors (Lipinski definition) is 6. The van der Waals surface area contributed by atoms with Gasteiger partial charge < -0.3 is 15.0 Å². The Morgan fingerprint density at radius 3 is 2.20 bits per heavy atom. The van der Waals surface area contributed by atoms with Crippen molar-refractivity contribution in [2.45, 2.75) is 67.4 Å². The van der Waals surface area contributed by atoms with Gasteiger partial charge in [-0.25, -0.2) is 8.42 Å². The van der Waals surface area contributed by atoms with Crippen LogP contribution in [0, 0.1) is 0 Å². The highest BCUT2D eigenvalue weighted by atomic mass is 35.5. The van der Waals surface area contributed by atoms with Crippen LogP contribution in [0.15, 0.2) is 113 Å². The molecule has 1 saturated carbocycles. The molecular weight excluding hydrogens is 678 g/mol. The Labute approximate surface area is 298 Å². The maximum absolute atomic E-state index is 14.8. The summed E-state index contributed by atoms with van der Waals surface area (Å²) in [6.07, 6.45) is 5.99. The van der Waals surface area contributed by atoms with Crippen molar-refractivity contribution in [1.82, 2.24) is 10.2 Å². The quantitative estimate of drug-likeness (QED) is 0.129. The number of benzene rings is 4. The van der Waals surface area contributed by atoms with E-state index in [-0.39, 0.29) is 35.5 Å². The molecule has 0 heterocycles. The largest absolute Gasteiger partial charge is 0.492 e. The Balaban J connectivity index is 1.59. The fourth-order valence-corrected chi connectivity index (χ4v) is 8.00. The van der Waals surface area contributed by atoms with E-state index in [2.05, 4.69) is 5.32 Å². The molecule has 1 fully saturated rings. The topological polar surface area (TPSA) is 96.0 Å². The van der Waals surface area contributed by atoms with E-state index in [0.29, 0.717) is 17.4 Å². The van der Waals surface area contributed by atoms with Gasteiger partial charge in [0.1, 0.15) is 18.3 Å². The van der Waals surface area contributed by atoms with Crippen molar-refractivity contribution in [3.05, 3.63) is 119 Å². The van der Waals surface area contributed by atoms with Crippen LogP contribution in [0.3, 0.4) is 0 Å². The van der Waals surface area contributed by atoms with Gasteiger partial charge in [-0.1, -0.05) is 79.0 Å². The molecule has 1 aliphatic carbocycles. The van der Waals surface area contributed by atoms with E-state index in [4.69, 9.17) is 16.3 Å². The zero-order valence-corrected chi connectivity index (χ0v) is 30.1. The van der Waals surface area contributed by atoms with Crippen molar-refractivity contribution in [2.24, 2.45) is 0 Å². The predicted octanol–water partition coefficient (Wildman–Crippen LogP) is 7.35. The van der Waals surface area contributed by atoms with Gasteiger partial charge in [-0.15, -0.1) is 11.8 Å². The lowest BCUT2D eigenvalue weighted by molar-refractivity contribution is -0.140. The highest BCUT2D eigenvalue weighted by Crippen LogP contribution is 2.33. The summed E-state index contributed by atoms with van der Waals surface area (Å²) in [4.78, 5) is 31.4. The van der Waals surface area contributed by atoms with E-state index in [1.807, 2.05) is 55.6 Å². The number of carbonyl (C=O) groups excluding carboxylic acids is 2. The van der Waals surface area contributed by atoms with Crippen LogP contribution >= 0.6 is 23.4 Å². The molecule has 0 spiro atoms. The second-order valence-corrected chi connectivity index (χ2v) is 15.1. The third-order valence-corrected chi connectivity index (χ3v) is 11.4. The molecular formula is C38H42ClN3O5S2. The van der Waals surface area contributed by atoms with Crippen molar-refractivity contribution >= 4 is 50.9 Å². The van der Waals surface area contributed by atoms with Crippen LogP contribution in [0.4, 0.5) is 5.69 Å². The summed E-state index contributed by atoms with van der Waals surface area (Å²) in [5.74, 6) is -0.478. The third kappa shape index (κ3) is 9.38. The number of rotatable bonds is 15. The monoisotopic (exact) mass is 719 g/mol. The summed E-state index contributed by atoms with van der Waals surface area (Å²) in [5.41, 5.74) is 1.86. The van der Waals surface area contributed by atoms with Gasteiger partial charge in [0.2, 0.25) is 11.8 Å². The van der Waals surface area contributed by atoms with Gasteiger partial charge in [0.25, 0.3) is 10.0 Å². The standard InChI is InChI=1S/C38H42ClN3O5S2/c1-3-47-36-16-10-9-15-34(36)42(49(45,46)33-23-21-32(48-2)22-24-33)27-37(43)41(26-29-17-19-30(39)20-18-29)35(25-28-11-5-4-6-12-28)38(44)40-31-13-7-8-14-31/h4-6,9-12,15-24,31,35H,3,7-8,13-14,25-27H2,1-2H3,(H,40,44). The zero-order valence-electron chi connectivity index (χ0n) is 27.8. The molecule has 4 aromatic carbocycles. The molecule has 49 heavy (non-hydrogen) atoms. The van der Waals surface area contributed by atoms with E-state index in [0.717, 1.165) is 46.0 Å². The first kappa shape index (κ1) is 36.3. The summed E-state index contributed by atoms with van der Waals surface area (Å²) in [6, 6.07) is 29.1. The number of ether oxygens (including phenoxy) is 1. The predicted molar refractivity (Wildman–Crippen MR) is 197 cm³/mol. The first-order valence-corrected chi connectivity index (χ1v) is 19.5. The van der Waals surface area contributed by atoms with E-state index in [1.165, 1.54) is 16.7 Å². The van der Waals surface area contributed by atoms with Crippen molar-refractivity contribution in [2.75, 3.05) is 23.7 Å². The number of nitrogens with one attached hydrogen (secondary N) is 1. The van der Waals surface area contributed by atoms with Crippen LogP contribution in [0.2, 0.25) is 5.02 Å². The smallest absolute Gasteiger partial charge is 0.264 e. The van der Waals surface area contributed by atoms with Gasteiger partial charge >= 0.3 is 0 Å². The molecule has 1 N–H and O–H groups in total. The lowest BCUT2D eigenvalue weighted by atomic mass is 10.0. The van der Waals surface area contributed by atoms with Crippen LogP contribution in [-0.4, -0.2) is 56.6 Å². The molecule has 0 bridgehead atoms. The fourth-order valence-electron chi connectivity index (χ4n) is 6.04.